The van der Waals surface area contributed by atoms with Crippen molar-refractivity contribution in [1.29, 1.82) is 0 Å². The lowest BCUT2D eigenvalue weighted by molar-refractivity contribution is -0.145. The van der Waals surface area contributed by atoms with E-state index in [0.29, 0.717) is 24.2 Å². The summed E-state index contributed by atoms with van der Waals surface area (Å²) in [6, 6.07) is 7.12. The number of carbonyl (C=O) groups excluding carboxylic acids is 1. The van der Waals surface area contributed by atoms with Gasteiger partial charge in [-0.3, -0.25) is 9.48 Å². The molecule has 6 heteroatoms. The Balaban J connectivity index is 1.64. The number of aryl methyl sites for hydroxylation is 1. The molecule has 4 rings (SSSR count). The maximum absolute atomic E-state index is 14.8. The van der Waals surface area contributed by atoms with Crippen molar-refractivity contribution in [2.24, 2.45) is 13.0 Å². The van der Waals surface area contributed by atoms with Crippen LogP contribution in [0.3, 0.4) is 0 Å². The Kier molecular flexibility index (Phi) is 3.79. The van der Waals surface area contributed by atoms with E-state index in [1.807, 2.05) is 32.3 Å². The van der Waals surface area contributed by atoms with Crippen LogP contribution in [0.5, 0.6) is 0 Å². The van der Waals surface area contributed by atoms with E-state index in [9.17, 15) is 9.18 Å². The molecule has 0 amide bonds. The Morgan fingerprint density at radius 3 is 2.92 bits per heavy atom. The molecular formula is C20H20FN3O2. The molecule has 1 aliphatic rings. The molecule has 5 nitrogen and oxygen atoms in total. The molecule has 1 saturated carbocycles. The molecule has 0 bridgehead atoms. The molecule has 1 aliphatic carbocycles. The van der Waals surface area contributed by atoms with Gasteiger partial charge in [0, 0.05) is 35.8 Å². The number of ether oxygens (including phenoxy) is 1. The van der Waals surface area contributed by atoms with E-state index in [4.69, 9.17) is 4.74 Å². The lowest BCUT2D eigenvalue weighted by Gasteiger charge is -2.14. The molecule has 1 fully saturated rings. The first kappa shape index (κ1) is 16.7. The van der Waals surface area contributed by atoms with Gasteiger partial charge in [-0.05, 0) is 36.6 Å². The van der Waals surface area contributed by atoms with Gasteiger partial charge in [0.25, 0.3) is 0 Å². The number of aromatic nitrogens is 3. The van der Waals surface area contributed by atoms with E-state index in [1.54, 1.807) is 23.9 Å². The molecule has 2 heterocycles. The number of benzene rings is 1. The maximum atomic E-state index is 14.8. The number of rotatable bonds is 4. The number of esters is 1. The van der Waals surface area contributed by atoms with Crippen LogP contribution >= 0.6 is 0 Å². The van der Waals surface area contributed by atoms with Crippen LogP contribution in [0.15, 0.2) is 36.7 Å². The third-order valence-electron chi connectivity index (χ3n) is 5.20. The van der Waals surface area contributed by atoms with Gasteiger partial charge in [-0.25, -0.2) is 9.37 Å². The van der Waals surface area contributed by atoms with Gasteiger partial charge in [-0.1, -0.05) is 19.1 Å². The van der Waals surface area contributed by atoms with Crippen molar-refractivity contribution in [2.45, 2.75) is 25.7 Å². The monoisotopic (exact) mass is 353 g/mol. The molecule has 2 aromatic heterocycles. The summed E-state index contributed by atoms with van der Waals surface area (Å²) in [5, 5.41) is 5.16. The molecule has 26 heavy (non-hydrogen) atoms. The second-order valence-electron chi connectivity index (χ2n) is 7.06. The van der Waals surface area contributed by atoms with Gasteiger partial charge >= 0.3 is 5.97 Å². The lowest BCUT2D eigenvalue weighted by atomic mass is 9.92. The highest BCUT2D eigenvalue weighted by Crippen LogP contribution is 2.55. The predicted octanol–water partition coefficient (Wildman–Crippen LogP) is 3.62. The van der Waals surface area contributed by atoms with Gasteiger partial charge in [0.15, 0.2) is 5.65 Å². The normalized spacial score (nSPS) is 21.8. The van der Waals surface area contributed by atoms with Gasteiger partial charge in [-0.15, -0.1) is 0 Å². The van der Waals surface area contributed by atoms with Crippen LogP contribution in [0.4, 0.5) is 4.39 Å². The number of carbonyl (C=O) groups is 1. The van der Waals surface area contributed by atoms with Crippen molar-refractivity contribution >= 4 is 17.0 Å². The van der Waals surface area contributed by atoms with Gasteiger partial charge in [0.1, 0.15) is 5.82 Å². The molecule has 0 unspecified atom stereocenters. The van der Waals surface area contributed by atoms with E-state index >= 15 is 0 Å². The fourth-order valence-electron chi connectivity index (χ4n) is 3.60. The molecule has 1 aromatic carbocycles. The zero-order valence-electron chi connectivity index (χ0n) is 15.0. The first-order valence-corrected chi connectivity index (χ1v) is 8.69. The highest BCUT2D eigenvalue weighted by atomic mass is 19.1. The van der Waals surface area contributed by atoms with Crippen LogP contribution in [-0.2, 0) is 22.0 Å². The first-order valence-electron chi connectivity index (χ1n) is 8.69. The number of hydrogen-bond donors (Lipinski definition) is 0. The minimum absolute atomic E-state index is 0.246. The van der Waals surface area contributed by atoms with Crippen molar-refractivity contribution in [3.05, 3.63) is 48.0 Å². The van der Waals surface area contributed by atoms with E-state index < -0.39 is 5.41 Å². The van der Waals surface area contributed by atoms with Gasteiger partial charge in [0.05, 0.1) is 12.5 Å². The summed E-state index contributed by atoms with van der Waals surface area (Å²) in [6.45, 7) is 4.03. The zero-order chi connectivity index (χ0) is 18.5. The van der Waals surface area contributed by atoms with E-state index in [2.05, 4.69) is 10.1 Å². The SMILES string of the molecule is CCOC(=O)[C@@H]1C[C@@]1(C)c1ccc(-c2cnc3nn(C)cc3c2)cc1F. The van der Waals surface area contributed by atoms with Crippen LogP contribution in [0.1, 0.15) is 25.8 Å². The lowest BCUT2D eigenvalue weighted by Crippen LogP contribution is -2.15. The summed E-state index contributed by atoms with van der Waals surface area (Å²) < 4.78 is 21.6. The molecular weight excluding hydrogens is 333 g/mol. The Hall–Kier alpha value is -2.76. The largest absolute Gasteiger partial charge is 0.466 e. The summed E-state index contributed by atoms with van der Waals surface area (Å²) in [5.74, 6) is -0.816. The van der Waals surface area contributed by atoms with Crippen molar-refractivity contribution in [1.82, 2.24) is 14.8 Å². The Labute approximate surface area is 150 Å². The molecule has 3 aromatic rings. The van der Waals surface area contributed by atoms with Gasteiger partial charge in [0.2, 0.25) is 0 Å². The maximum Gasteiger partial charge on any atom is 0.309 e. The summed E-state index contributed by atoms with van der Waals surface area (Å²) in [4.78, 5) is 16.3. The van der Waals surface area contributed by atoms with Crippen LogP contribution in [-0.4, -0.2) is 27.3 Å². The van der Waals surface area contributed by atoms with Crippen LogP contribution < -0.4 is 0 Å². The molecule has 0 aliphatic heterocycles. The minimum Gasteiger partial charge on any atom is -0.466 e. The van der Waals surface area contributed by atoms with Gasteiger partial charge < -0.3 is 4.74 Å². The molecule has 0 spiro atoms. The Morgan fingerprint density at radius 2 is 2.19 bits per heavy atom. The third-order valence-corrected chi connectivity index (χ3v) is 5.20. The standard InChI is InChI=1S/C20H20FN3O2/c1-4-26-19(25)16-9-20(16,2)15-6-5-12(8-17(15)21)13-7-14-11-24(3)23-18(14)22-10-13/h5-8,10-11,16H,4,9H2,1-3H3/t16-,20-/m0/s1. The summed E-state index contributed by atoms with van der Waals surface area (Å²) in [6.07, 6.45) is 4.20. The highest BCUT2D eigenvalue weighted by molar-refractivity contribution is 5.81. The number of halogens is 1. The Bertz CT molecular complexity index is 1010. The van der Waals surface area contributed by atoms with Gasteiger partial charge in [-0.2, -0.15) is 5.10 Å². The van der Waals surface area contributed by atoms with Crippen LogP contribution in [0.25, 0.3) is 22.2 Å². The first-order chi connectivity index (χ1) is 12.4. The fourth-order valence-corrected chi connectivity index (χ4v) is 3.60. The van der Waals surface area contributed by atoms with E-state index in [1.165, 1.54) is 6.07 Å². The summed E-state index contributed by atoms with van der Waals surface area (Å²) >= 11 is 0. The summed E-state index contributed by atoms with van der Waals surface area (Å²) in [5.41, 5.74) is 2.33. The fraction of sp³-hybridized carbons (Fsp3) is 0.350. The second kappa shape index (κ2) is 5.90. The average molecular weight is 353 g/mol. The Morgan fingerprint density at radius 1 is 1.38 bits per heavy atom. The van der Waals surface area contributed by atoms with Crippen molar-refractivity contribution in [3.63, 3.8) is 0 Å². The zero-order valence-corrected chi connectivity index (χ0v) is 15.0. The molecule has 0 saturated heterocycles. The topological polar surface area (TPSA) is 57.0 Å². The molecule has 0 N–H and O–H groups in total. The molecule has 0 radical (unpaired) electrons. The predicted molar refractivity (Wildman–Crippen MR) is 96.0 cm³/mol. The quantitative estimate of drug-likeness (QED) is 0.672. The van der Waals surface area contributed by atoms with Crippen molar-refractivity contribution in [3.8, 4) is 11.1 Å². The van der Waals surface area contributed by atoms with E-state index in [0.717, 1.165) is 16.5 Å². The van der Waals surface area contributed by atoms with Crippen molar-refractivity contribution in [2.75, 3.05) is 6.61 Å². The number of fused-ring (bicyclic) bond motifs is 1. The highest BCUT2D eigenvalue weighted by Gasteiger charge is 2.57. The summed E-state index contributed by atoms with van der Waals surface area (Å²) in [7, 11) is 1.84. The van der Waals surface area contributed by atoms with Crippen LogP contribution in [0, 0.1) is 11.7 Å². The molecule has 2 atom stereocenters. The second-order valence-corrected chi connectivity index (χ2v) is 7.06. The number of nitrogens with zero attached hydrogens (tertiary/aromatic N) is 3. The average Bonchev–Trinajstić information content (AvgIpc) is 3.15. The van der Waals surface area contributed by atoms with Crippen molar-refractivity contribution < 1.29 is 13.9 Å². The third kappa shape index (κ3) is 2.66. The van der Waals surface area contributed by atoms with Crippen LogP contribution in [0.2, 0.25) is 0 Å². The van der Waals surface area contributed by atoms with E-state index in [-0.39, 0.29) is 17.7 Å². The smallest absolute Gasteiger partial charge is 0.309 e. The minimum atomic E-state index is -0.486. The molecule has 134 valence electrons. The number of hydrogen-bond acceptors (Lipinski definition) is 4. The number of pyridine rings is 1.